The van der Waals surface area contributed by atoms with E-state index in [2.05, 4.69) is 0 Å². The van der Waals surface area contributed by atoms with Crippen LogP contribution in [0.5, 0.6) is 0 Å². The van der Waals surface area contributed by atoms with Crippen LogP contribution in [-0.2, 0) is 0 Å². The lowest BCUT2D eigenvalue weighted by molar-refractivity contribution is 0.0256. The molecule has 0 radical (unpaired) electrons. The molecule has 0 aromatic rings. The van der Waals surface area contributed by atoms with E-state index < -0.39 is 6.10 Å². The standard InChI is InChI=1S/C10H23NO3/c1-9(14)10(2,3)8-11(4-6-12)5-7-13/h9,12-14H,4-8H2,1-3H3. The van der Waals surface area contributed by atoms with Crippen molar-refractivity contribution in [3.8, 4) is 0 Å². The molecular formula is C10H23NO3. The lowest BCUT2D eigenvalue weighted by Crippen LogP contribution is -2.42. The van der Waals surface area contributed by atoms with Gasteiger partial charge >= 0.3 is 0 Å². The molecule has 0 heterocycles. The van der Waals surface area contributed by atoms with Crippen molar-refractivity contribution >= 4 is 0 Å². The van der Waals surface area contributed by atoms with Gasteiger partial charge in [-0.3, -0.25) is 4.90 Å². The van der Waals surface area contributed by atoms with Crippen LogP contribution in [0, 0.1) is 5.41 Å². The molecule has 4 nitrogen and oxygen atoms in total. The maximum atomic E-state index is 9.51. The summed E-state index contributed by atoms with van der Waals surface area (Å²) in [5, 5.41) is 27.1. The zero-order chi connectivity index (χ0) is 11.2. The largest absolute Gasteiger partial charge is 0.395 e. The SMILES string of the molecule is CC(O)C(C)(C)CN(CCO)CCO. The molecule has 0 saturated heterocycles. The Balaban J connectivity index is 4.12. The van der Waals surface area contributed by atoms with Gasteiger partial charge in [0.05, 0.1) is 19.3 Å². The van der Waals surface area contributed by atoms with Crippen LogP contribution >= 0.6 is 0 Å². The molecule has 3 N–H and O–H groups in total. The molecule has 0 aliphatic rings. The van der Waals surface area contributed by atoms with E-state index >= 15 is 0 Å². The van der Waals surface area contributed by atoms with E-state index in [0.29, 0.717) is 19.6 Å². The van der Waals surface area contributed by atoms with Gasteiger partial charge in [0.25, 0.3) is 0 Å². The van der Waals surface area contributed by atoms with Crippen LogP contribution in [0.3, 0.4) is 0 Å². The highest BCUT2D eigenvalue weighted by Crippen LogP contribution is 2.21. The average Bonchev–Trinajstić information content (AvgIpc) is 2.04. The zero-order valence-corrected chi connectivity index (χ0v) is 9.40. The van der Waals surface area contributed by atoms with Gasteiger partial charge in [0.15, 0.2) is 0 Å². The molecule has 0 fully saturated rings. The molecule has 0 spiro atoms. The van der Waals surface area contributed by atoms with E-state index in [1.165, 1.54) is 0 Å². The molecule has 0 aromatic heterocycles. The predicted molar refractivity (Wildman–Crippen MR) is 56.1 cm³/mol. The van der Waals surface area contributed by atoms with Crippen molar-refractivity contribution in [3.63, 3.8) is 0 Å². The van der Waals surface area contributed by atoms with Crippen molar-refractivity contribution < 1.29 is 15.3 Å². The van der Waals surface area contributed by atoms with Crippen LogP contribution in [0.15, 0.2) is 0 Å². The van der Waals surface area contributed by atoms with Crippen molar-refractivity contribution in [1.82, 2.24) is 4.90 Å². The Morgan fingerprint density at radius 1 is 1.14 bits per heavy atom. The number of hydrogen-bond acceptors (Lipinski definition) is 4. The van der Waals surface area contributed by atoms with Crippen molar-refractivity contribution in [2.45, 2.75) is 26.9 Å². The minimum atomic E-state index is -0.401. The molecular weight excluding hydrogens is 182 g/mol. The highest BCUT2D eigenvalue weighted by molar-refractivity contribution is 4.78. The second-order valence-corrected chi connectivity index (χ2v) is 4.39. The van der Waals surface area contributed by atoms with Gasteiger partial charge in [0, 0.05) is 25.0 Å². The molecule has 0 saturated carbocycles. The average molecular weight is 205 g/mol. The molecule has 0 bridgehead atoms. The Kier molecular flexibility index (Phi) is 6.27. The third-order valence-corrected chi connectivity index (χ3v) is 2.59. The fourth-order valence-corrected chi connectivity index (χ4v) is 1.26. The summed E-state index contributed by atoms with van der Waals surface area (Å²) >= 11 is 0. The normalized spacial score (nSPS) is 14.8. The van der Waals surface area contributed by atoms with Gasteiger partial charge in [0.2, 0.25) is 0 Å². The van der Waals surface area contributed by atoms with E-state index in [0.717, 1.165) is 0 Å². The molecule has 0 aliphatic carbocycles. The predicted octanol–water partition coefficient (Wildman–Crippen LogP) is -0.320. The molecule has 4 heteroatoms. The van der Waals surface area contributed by atoms with Crippen molar-refractivity contribution in [1.29, 1.82) is 0 Å². The smallest absolute Gasteiger partial charge is 0.0575 e. The summed E-state index contributed by atoms with van der Waals surface area (Å²) in [6.07, 6.45) is -0.401. The Bertz CT molecular complexity index is 142. The molecule has 1 unspecified atom stereocenters. The Morgan fingerprint density at radius 2 is 1.57 bits per heavy atom. The van der Waals surface area contributed by atoms with E-state index in [4.69, 9.17) is 10.2 Å². The van der Waals surface area contributed by atoms with Crippen molar-refractivity contribution in [2.75, 3.05) is 32.8 Å². The first-order chi connectivity index (χ1) is 6.44. The minimum Gasteiger partial charge on any atom is -0.395 e. The third-order valence-electron chi connectivity index (χ3n) is 2.59. The lowest BCUT2D eigenvalue weighted by Gasteiger charge is -2.34. The van der Waals surface area contributed by atoms with Gasteiger partial charge in [-0.1, -0.05) is 13.8 Å². The molecule has 14 heavy (non-hydrogen) atoms. The van der Waals surface area contributed by atoms with Crippen molar-refractivity contribution in [3.05, 3.63) is 0 Å². The fourth-order valence-electron chi connectivity index (χ4n) is 1.26. The van der Waals surface area contributed by atoms with Gasteiger partial charge in [0.1, 0.15) is 0 Å². The maximum Gasteiger partial charge on any atom is 0.0575 e. The summed E-state index contributed by atoms with van der Waals surface area (Å²) in [6, 6.07) is 0. The summed E-state index contributed by atoms with van der Waals surface area (Å²) in [4.78, 5) is 1.95. The number of nitrogens with zero attached hydrogens (tertiary/aromatic N) is 1. The van der Waals surface area contributed by atoms with E-state index in [9.17, 15) is 5.11 Å². The highest BCUT2D eigenvalue weighted by Gasteiger charge is 2.26. The maximum absolute atomic E-state index is 9.51. The second-order valence-electron chi connectivity index (χ2n) is 4.39. The zero-order valence-electron chi connectivity index (χ0n) is 9.40. The Hall–Kier alpha value is -0.160. The van der Waals surface area contributed by atoms with Crippen LogP contribution < -0.4 is 0 Å². The van der Waals surface area contributed by atoms with Crippen LogP contribution in [0.25, 0.3) is 0 Å². The summed E-state index contributed by atoms with van der Waals surface area (Å²) in [6.45, 7) is 7.61. The monoisotopic (exact) mass is 205 g/mol. The number of aliphatic hydroxyl groups is 3. The molecule has 0 rings (SSSR count). The summed E-state index contributed by atoms with van der Waals surface area (Å²) in [5.74, 6) is 0. The first kappa shape index (κ1) is 13.8. The van der Waals surface area contributed by atoms with Gasteiger partial charge < -0.3 is 15.3 Å². The number of hydrogen-bond donors (Lipinski definition) is 3. The van der Waals surface area contributed by atoms with E-state index in [1.807, 2.05) is 18.7 Å². The third kappa shape index (κ3) is 4.91. The Morgan fingerprint density at radius 3 is 1.86 bits per heavy atom. The molecule has 0 amide bonds. The number of rotatable bonds is 7. The van der Waals surface area contributed by atoms with Crippen LogP contribution in [0.1, 0.15) is 20.8 Å². The van der Waals surface area contributed by atoms with Gasteiger partial charge in [-0.2, -0.15) is 0 Å². The first-order valence-corrected chi connectivity index (χ1v) is 5.06. The topological polar surface area (TPSA) is 63.9 Å². The molecule has 0 aliphatic heterocycles. The molecule has 0 aromatic carbocycles. The minimum absolute atomic E-state index is 0.0793. The van der Waals surface area contributed by atoms with Gasteiger partial charge in [-0.15, -0.1) is 0 Å². The van der Waals surface area contributed by atoms with Crippen LogP contribution in [-0.4, -0.2) is 59.2 Å². The molecule has 86 valence electrons. The number of aliphatic hydroxyl groups excluding tert-OH is 3. The quantitative estimate of drug-likeness (QED) is 0.533. The van der Waals surface area contributed by atoms with Crippen LogP contribution in [0.4, 0.5) is 0 Å². The molecule has 1 atom stereocenters. The lowest BCUT2D eigenvalue weighted by atomic mass is 9.87. The van der Waals surface area contributed by atoms with E-state index in [-0.39, 0.29) is 18.6 Å². The Labute approximate surface area is 86.2 Å². The fraction of sp³-hybridized carbons (Fsp3) is 1.00. The highest BCUT2D eigenvalue weighted by atomic mass is 16.3. The summed E-state index contributed by atoms with van der Waals surface area (Å²) < 4.78 is 0. The van der Waals surface area contributed by atoms with E-state index in [1.54, 1.807) is 6.92 Å². The first-order valence-electron chi connectivity index (χ1n) is 5.06. The summed E-state index contributed by atoms with van der Waals surface area (Å²) in [5.41, 5.74) is -0.218. The second kappa shape index (κ2) is 6.35. The van der Waals surface area contributed by atoms with Gasteiger partial charge in [-0.25, -0.2) is 0 Å². The van der Waals surface area contributed by atoms with Crippen molar-refractivity contribution in [2.24, 2.45) is 5.41 Å². The van der Waals surface area contributed by atoms with Crippen LogP contribution in [0.2, 0.25) is 0 Å². The summed E-state index contributed by atoms with van der Waals surface area (Å²) in [7, 11) is 0. The van der Waals surface area contributed by atoms with Gasteiger partial charge in [-0.05, 0) is 6.92 Å².